The average molecular weight is 322 g/mol. The fraction of sp³-hybridized carbons (Fsp3) is 0.214. The van der Waals surface area contributed by atoms with Gasteiger partial charge in [-0.15, -0.1) is 11.8 Å². The molecule has 1 N–H and O–H groups in total. The lowest BCUT2D eigenvalue weighted by Crippen LogP contribution is -2.03. The van der Waals surface area contributed by atoms with Crippen molar-refractivity contribution in [2.45, 2.75) is 11.3 Å². The van der Waals surface area contributed by atoms with Crippen molar-refractivity contribution >= 4 is 40.8 Å². The molecule has 0 saturated heterocycles. The molecule has 0 unspecified atom stereocenters. The third-order valence-electron chi connectivity index (χ3n) is 3.04. The lowest BCUT2D eigenvalue weighted by molar-refractivity contribution is 0.0601. The summed E-state index contributed by atoms with van der Waals surface area (Å²) in [6.45, 7) is 0. The van der Waals surface area contributed by atoms with Crippen LogP contribution in [0.4, 0.5) is 11.5 Å². The van der Waals surface area contributed by atoms with E-state index < -0.39 is 0 Å². The number of rotatable bonds is 3. The highest BCUT2D eigenvalue weighted by atomic mass is 35.5. The van der Waals surface area contributed by atoms with Crippen molar-refractivity contribution in [3.8, 4) is 0 Å². The molecule has 0 spiro atoms. The number of methoxy groups -OCH3 is 1. The zero-order chi connectivity index (χ0) is 14.8. The smallest absolute Gasteiger partial charge is 0.337 e. The van der Waals surface area contributed by atoms with E-state index in [1.165, 1.54) is 7.11 Å². The van der Waals surface area contributed by atoms with Gasteiger partial charge < -0.3 is 10.1 Å². The quantitative estimate of drug-likeness (QED) is 0.691. The molecule has 1 aromatic carbocycles. The lowest BCUT2D eigenvalue weighted by Gasteiger charge is -2.10. The van der Waals surface area contributed by atoms with Crippen LogP contribution in [0.2, 0.25) is 5.28 Å². The Morgan fingerprint density at radius 2 is 2.29 bits per heavy atom. The normalized spacial score (nSPS) is 12.9. The van der Waals surface area contributed by atoms with Crippen LogP contribution in [-0.2, 0) is 11.2 Å². The van der Waals surface area contributed by atoms with Crippen molar-refractivity contribution in [1.29, 1.82) is 0 Å². The van der Waals surface area contributed by atoms with E-state index >= 15 is 0 Å². The fourth-order valence-electron chi connectivity index (χ4n) is 2.10. The van der Waals surface area contributed by atoms with E-state index in [0.717, 1.165) is 28.5 Å². The second-order valence-electron chi connectivity index (χ2n) is 4.41. The summed E-state index contributed by atoms with van der Waals surface area (Å²) >= 11 is 7.65. The first-order chi connectivity index (χ1) is 10.2. The number of ether oxygens (including phenoxy) is 1. The van der Waals surface area contributed by atoms with Crippen LogP contribution in [0, 0.1) is 0 Å². The first kappa shape index (κ1) is 14.2. The zero-order valence-electron chi connectivity index (χ0n) is 11.2. The molecule has 2 heterocycles. The Hall–Kier alpha value is -1.79. The molecule has 5 nitrogen and oxygen atoms in total. The van der Waals surface area contributed by atoms with Crippen LogP contribution in [-0.4, -0.2) is 28.8 Å². The highest BCUT2D eigenvalue weighted by Crippen LogP contribution is 2.37. The number of carbonyl (C=O) groups excluding carboxylic acids is 1. The van der Waals surface area contributed by atoms with E-state index in [2.05, 4.69) is 15.3 Å². The number of esters is 1. The van der Waals surface area contributed by atoms with Gasteiger partial charge in [0, 0.05) is 17.9 Å². The van der Waals surface area contributed by atoms with E-state index in [-0.39, 0.29) is 11.3 Å². The number of nitrogens with zero attached hydrogens (tertiary/aromatic N) is 2. The van der Waals surface area contributed by atoms with Crippen LogP contribution < -0.4 is 5.32 Å². The number of carbonyl (C=O) groups is 1. The molecule has 21 heavy (non-hydrogen) atoms. The summed E-state index contributed by atoms with van der Waals surface area (Å²) in [4.78, 5) is 21.1. The van der Waals surface area contributed by atoms with Crippen molar-refractivity contribution in [1.82, 2.24) is 9.97 Å². The lowest BCUT2D eigenvalue weighted by atomic mass is 10.2. The largest absolute Gasteiger partial charge is 0.465 e. The molecule has 1 aliphatic heterocycles. The Kier molecular flexibility index (Phi) is 3.98. The second kappa shape index (κ2) is 5.91. The fourth-order valence-corrected chi connectivity index (χ4v) is 3.33. The summed E-state index contributed by atoms with van der Waals surface area (Å²) in [6, 6.07) is 7.05. The number of anilines is 2. The molecule has 0 atom stereocenters. The molecular formula is C14H12ClN3O2S. The Balaban J connectivity index is 1.92. The maximum Gasteiger partial charge on any atom is 0.337 e. The molecule has 0 amide bonds. The van der Waals surface area contributed by atoms with Gasteiger partial charge in [0.2, 0.25) is 5.28 Å². The Morgan fingerprint density at radius 3 is 3.10 bits per heavy atom. The summed E-state index contributed by atoms with van der Waals surface area (Å²) < 4.78 is 4.72. The van der Waals surface area contributed by atoms with Crippen molar-refractivity contribution in [2.75, 3.05) is 18.2 Å². The van der Waals surface area contributed by atoms with Gasteiger partial charge in [0.15, 0.2) is 0 Å². The first-order valence-corrected chi connectivity index (χ1v) is 7.68. The van der Waals surface area contributed by atoms with E-state index in [1.807, 2.05) is 6.07 Å². The number of nitrogens with one attached hydrogen (secondary N) is 1. The van der Waals surface area contributed by atoms with Gasteiger partial charge in [-0.3, -0.25) is 0 Å². The molecule has 0 fully saturated rings. The third-order valence-corrected chi connectivity index (χ3v) is 4.34. The Morgan fingerprint density at radius 1 is 1.43 bits per heavy atom. The van der Waals surface area contributed by atoms with Crippen LogP contribution in [0.25, 0.3) is 0 Å². The van der Waals surface area contributed by atoms with Crippen LogP contribution in [0.3, 0.4) is 0 Å². The summed E-state index contributed by atoms with van der Waals surface area (Å²) in [5.74, 6) is 1.27. The number of hydrogen-bond donors (Lipinski definition) is 1. The second-order valence-corrected chi connectivity index (χ2v) is 5.86. The molecule has 0 bridgehead atoms. The van der Waals surface area contributed by atoms with Gasteiger partial charge in [0.05, 0.1) is 23.3 Å². The van der Waals surface area contributed by atoms with Gasteiger partial charge in [0.25, 0.3) is 0 Å². The monoisotopic (exact) mass is 321 g/mol. The van der Waals surface area contributed by atoms with E-state index in [1.54, 1.807) is 30.0 Å². The van der Waals surface area contributed by atoms with Gasteiger partial charge >= 0.3 is 5.97 Å². The first-order valence-electron chi connectivity index (χ1n) is 6.32. The summed E-state index contributed by atoms with van der Waals surface area (Å²) in [7, 11) is 1.36. The minimum absolute atomic E-state index is 0.225. The van der Waals surface area contributed by atoms with Crippen LogP contribution in [0.5, 0.6) is 0 Å². The van der Waals surface area contributed by atoms with Gasteiger partial charge in [-0.2, -0.15) is 4.98 Å². The summed E-state index contributed by atoms with van der Waals surface area (Å²) in [5, 5.41) is 3.43. The van der Waals surface area contributed by atoms with Crippen LogP contribution >= 0.6 is 23.4 Å². The van der Waals surface area contributed by atoms with Gasteiger partial charge in [-0.1, -0.05) is 6.07 Å². The number of aryl methyl sites for hydroxylation is 1. The minimum Gasteiger partial charge on any atom is -0.465 e. The van der Waals surface area contributed by atoms with Gasteiger partial charge in [-0.25, -0.2) is 9.78 Å². The third kappa shape index (κ3) is 2.96. The maximum atomic E-state index is 11.6. The molecule has 0 saturated carbocycles. The van der Waals surface area contributed by atoms with Crippen molar-refractivity contribution in [2.24, 2.45) is 0 Å². The predicted molar refractivity (Wildman–Crippen MR) is 82.5 cm³/mol. The van der Waals surface area contributed by atoms with Crippen molar-refractivity contribution < 1.29 is 9.53 Å². The van der Waals surface area contributed by atoms with Crippen molar-refractivity contribution in [3.63, 3.8) is 0 Å². The van der Waals surface area contributed by atoms with E-state index in [4.69, 9.17) is 16.3 Å². The standard InChI is InChI=1S/C14H12ClN3O2S/c1-20-13(19)8-3-2-4-9(7-8)16-12-11-10(5-6-21-11)17-14(15)18-12/h2-4,7H,5-6H2,1H3,(H,16,17,18). The average Bonchev–Trinajstić information content (AvgIpc) is 2.95. The molecule has 0 aliphatic carbocycles. The number of thioether (sulfide) groups is 1. The molecule has 1 aliphatic rings. The van der Waals surface area contributed by atoms with Gasteiger partial charge in [-0.05, 0) is 29.8 Å². The van der Waals surface area contributed by atoms with E-state index in [9.17, 15) is 4.79 Å². The molecule has 0 radical (unpaired) electrons. The van der Waals surface area contributed by atoms with Gasteiger partial charge in [0.1, 0.15) is 5.82 Å². The molecule has 3 rings (SSSR count). The van der Waals surface area contributed by atoms with Crippen LogP contribution in [0.15, 0.2) is 29.2 Å². The molecule has 7 heteroatoms. The summed E-state index contributed by atoms with van der Waals surface area (Å²) in [6.07, 6.45) is 0.888. The Bertz CT molecular complexity index is 709. The van der Waals surface area contributed by atoms with Crippen molar-refractivity contribution in [3.05, 3.63) is 40.8 Å². The number of halogens is 1. The highest BCUT2D eigenvalue weighted by Gasteiger charge is 2.20. The van der Waals surface area contributed by atoms with E-state index in [0.29, 0.717) is 11.4 Å². The number of fused-ring (bicyclic) bond motifs is 1. The molecule has 108 valence electrons. The maximum absolute atomic E-state index is 11.6. The zero-order valence-corrected chi connectivity index (χ0v) is 12.8. The Labute approximate surface area is 131 Å². The highest BCUT2D eigenvalue weighted by molar-refractivity contribution is 7.99. The predicted octanol–water partition coefficient (Wildman–Crippen LogP) is 3.31. The number of benzene rings is 1. The number of hydrogen-bond acceptors (Lipinski definition) is 6. The number of aromatic nitrogens is 2. The topological polar surface area (TPSA) is 64.1 Å². The molecular weight excluding hydrogens is 310 g/mol. The van der Waals surface area contributed by atoms with Crippen LogP contribution in [0.1, 0.15) is 16.1 Å². The molecule has 1 aromatic heterocycles. The minimum atomic E-state index is -0.376. The molecule has 2 aromatic rings. The SMILES string of the molecule is COC(=O)c1cccc(Nc2nc(Cl)nc3c2SCC3)c1. The summed E-state index contributed by atoms with van der Waals surface area (Å²) in [5.41, 5.74) is 2.20.